The van der Waals surface area contributed by atoms with E-state index in [2.05, 4.69) is 31.4 Å². The van der Waals surface area contributed by atoms with Gasteiger partial charge < -0.3 is 15.7 Å². The fourth-order valence-electron chi connectivity index (χ4n) is 7.24. The van der Waals surface area contributed by atoms with Gasteiger partial charge in [-0.3, -0.25) is 9.59 Å². The topological polar surface area (TPSA) is 78.4 Å². The number of aliphatic hydroxyl groups is 1. The summed E-state index contributed by atoms with van der Waals surface area (Å²) in [7, 11) is 0. The second kappa shape index (κ2) is 10.8. The second-order valence-corrected chi connectivity index (χ2v) is 13.6. The number of amides is 1. The molecule has 39 heavy (non-hydrogen) atoms. The monoisotopic (exact) mass is 574 g/mol. The number of nitrogens with one attached hydrogen (secondary N) is 2. The molecule has 3 N–H and O–H groups in total. The number of aliphatic hydroxyl groups excluding tert-OH is 1. The van der Waals surface area contributed by atoms with E-state index in [0.29, 0.717) is 35.9 Å². The third-order valence-electron chi connectivity index (χ3n) is 8.83. The van der Waals surface area contributed by atoms with Crippen molar-refractivity contribution in [2.24, 2.45) is 11.3 Å². The van der Waals surface area contributed by atoms with Crippen molar-refractivity contribution in [3.63, 3.8) is 0 Å². The van der Waals surface area contributed by atoms with Gasteiger partial charge >= 0.3 is 0 Å². The first-order chi connectivity index (χ1) is 18.4. The third-order valence-corrected chi connectivity index (χ3v) is 9.36. The van der Waals surface area contributed by atoms with Gasteiger partial charge in [-0.15, -0.1) is 0 Å². The van der Waals surface area contributed by atoms with Crippen LogP contribution in [0.2, 0.25) is 10.0 Å². The molecule has 0 aromatic heterocycles. The molecule has 1 saturated heterocycles. The highest BCUT2D eigenvalue weighted by molar-refractivity contribution is 6.31. The van der Waals surface area contributed by atoms with Crippen molar-refractivity contribution in [2.45, 2.75) is 95.2 Å². The van der Waals surface area contributed by atoms with E-state index in [1.54, 1.807) is 24.3 Å². The number of carbonyl (C=O) groups is 2. The van der Waals surface area contributed by atoms with Gasteiger partial charge in [-0.2, -0.15) is 0 Å². The SMILES string of the molecule is CC(C)(C)C[C@H]1N[C@@H](C(=O)CCC[C@H]2CC[C@@H](O)C2)[C@H](c2cccc(Cl)c2F)[C@@]12C(=O)Nc1cc(Cl)ccc12. The van der Waals surface area contributed by atoms with Crippen molar-refractivity contribution in [3.05, 3.63) is 63.4 Å². The highest BCUT2D eigenvalue weighted by Crippen LogP contribution is 2.57. The molecule has 210 valence electrons. The Kier molecular flexibility index (Phi) is 7.88. The summed E-state index contributed by atoms with van der Waals surface area (Å²) in [6.07, 6.45) is 4.78. The number of carbonyl (C=O) groups excluding carboxylic acids is 2. The zero-order valence-electron chi connectivity index (χ0n) is 22.7. The predicted molar refractivity (Wildman–Crippen MR) is 153 cm³/mol. The van der Waals surface area contributed by atoms with E-state index >= 15 is 4.39 Å². The first kappa shape index (κ1) is 28.5. The summed E-state index contributed by atoms with van der Waals surface area (Å²) in [5.74, 6) is -1.28. The highest BCUT2D eigenvalue weighted by atomic mass is 35.5. The first-order valence-electron chi connectivity index (χ1n) is 13.9. The molecule has 5 rings (SSSR count). The normalized spacial score (nSPS) is 30.1. The fraction of sp³-hybridized carbons (Fsp3) is 0.548. The van der Waals surface area contributed by atoms with Crippen molar-refractivity contribution in [1.82, 2.24) is 5.32 Å². The van der Waals surface area contributed by atoms with Crippen molar-refractivity contribution in [3.8, 4) is 0 Å². The Morgan fingerprint density at radius 2 is 1.95 bits per heavy atom. The van der Waals surface area contributed by atoms with Gasteiger partial charge in [0.2, 0.25) is 5.91 Å². The summed E-state index contributed by atoms with van der Waals surface area (Å²) in [6, 6.07) is 8.90. The van der Waals surface area contributed by atoms with E-state index in [4.69, 9.17) is 23.2 Å². The van der Waals surface area contributed by atoms with E-state index in [1.165, 1.54) is 6.07 Å². The van der Waals surface area contributed by atoms with Gasteiger partial charge in [0.15, 0.2) is 0 Å². The van der Waals surface area contributed by atoms with Crippen LogP contribution in [-0.2, 0) is 15.0 Å². The third kappa shape index (κ3) is 5.26. The molecule has 2 aromatic rings. The molecule has 0 bridgehead atoms. The molecule has 2 fully saturated rings. The van der Waals surface area contributed by atoms with Crippen LogP contribution in [0.3, 0.4) is 0 Å². The molecule has 3 aliphatic rings. The number of halogens is 3. The van der Waals surface area contributed by atoms with Crippen molar-refractivity contribution in [1.29, 1.82) is 0 Å². The van der Waals surface area contributed by atoms with Crippen LogP contribution in [0.5, 0.6) is 0 Å². The zero-order valence-corrected chi connectivity index (χ0v) is 24.2. The predicted octanol–water partition coefficient (Wildman–Crippen LogP) is 6.78. The number of Topliss-reactive ketones (excluding diaryl/α,β-unsaturated/α-hetero) is 1. The van der Waals surface area contributed by atoms with Crippen LogP contribution in [0.15, 0.2) is 36.4 Å². The summed E-state index contributed by atoms with van der Waals surface area (Å²) in [4.78, 5) is 28.1. The molecule has 0 unspecified atom stereocenters. The molecule has 5 nitrogen and oxygen atoms in total. The highest BCUT2D eigenvalue weighted by Gasteiger charge is 2.65. The summed E-state index contributed by atoms with van der Waals surface area (Å²) < 4.78 is 15.8. The van der Waals surface area contributed by atoms with Crippen LogP contribution >= 0.6 is 23.2 Å². The minimum absolute atomic E-state index is 0.0380. The summed E-state index contributed by atoms with van der Waals surface area (Å²) in [6.45, 7) is 6.29. The van der Waals surface area contributed by atoms with Crippen LogP contribution in [0.1, 0.15) is 82.8 Å². The number of benzene rings is 2. The molecular weight excluding hydrogens is 538 g/mol. The van der Waals surface area contributed by atoms with Gasteiger partial charge in [0.05, 0.1) is 17.2 Å². The van der Waals surface area contributed by atoms with E-state index in [-0.39, 0.29) is 33.8 Å². The number of ketones is 1. The molecule has 2 aromatic carbocycles. The Hall–Kier alpha value is -1.99. The van der Waals surface area contributed by atoms with E-state index < -0.39 is 29.2 Å². The number of hydrogen-bond donors (Lipinski definition) is 3. The average Bonchev–Trinajstić information content (AvgIpc) is 3.49. The van der Waals surface area contributed by atoms with Gasteiger partial charge in [0.25, 0.3) is 0 Å². The molecule has 1 saturated carbocycles. The van der Waals surface area contributed by atoms with Gasteiger partial charge in [-0.25, -0.2) is 4.39 Å². The maximum Gasteiger partial charge on any atom is 0.237 e. The number of fused-ring (bicyclic) bond motifs is 2. The molecule has 1 amide bonds. The van der Waals surface area contributed by atoms with Gasteiger partial charge in [-0.1, -0.05) is 62.2 Å². The Morgan fingerprint density at radius 1 is 1.18 bits per heavy atom. The lowest BCUT2D eigenvalue weighted by Gasteiger charge is -2.37. The lowest BCUT2D eigenvalue weighted by molar-refractivity contribution is -0.122. The molecular formula is C31H37Cl2FN2O3. The lowest BCUT2D eigenvalue weighted by Crippen LogP contribution is -2.49. The van der Waals surface area contributed by atoms with Crippen LogP contribution in [0, 0.1) is 17.2 Å². The Balaban J connectivity index is 1.59. The van der Waals surface area contributed by atoms with Crippen LogP contribution < -0.4 is 10.6 Å². The molecule has 6 atom stereocenters. The van der Waals surface area contributed by atoms with Crippen LogP contribution in [-0.4, -0.2) is 35.0 Å². The summed E-state index contributed by atoms with van der Waals surface area (Å²) in [5, 5.41) is 16.9. The molecule has 1 aliphatic carbocycles. The summed E-state index contributed by atoms with van der Waals surface area (Å²) in [5.41, 5.74) is 0.168. The van der Waals surface area contributed by atoms with Crippen LogP contribution in [0.4, 0.5) is 10.1 Å². The van der Waals surface area contributed by atoms with E-state index in [9.17, 15) is 14.7 Å². The average molecular weight is 576 g/mol. The fourth-order valence-corrected chi connectivity index (χ4v) is 7.59. The van der Waals surface area contributed by atoms with Crippen LogP contribution in [0.25, 0.3) is 0 Å². The largest absolute Gasteiger partial charge is 0.393 e. The molecule has 0 radical (unpaired) electrons. The smallest absolute Gasteiger partial charge is 0.237 e. The van der Waals surface area contributed by atoms with E-state index in [1.807, 2.05) is 6.07 Å². The number of hydrogen-bond acceptors (Lipinski definition) is 4. The maximum atomic E-state index is 15.8. The molecule has 2 heterocycles. The van der Waals surface area contributed by atoms with Gasteiger partial charge in [-0.05, 0) is 79.2 Å². The minimum Gasteiger partial charge on any atom is -0.393 e. The quantitative estimate of drug-likeness (QED) is 0.340. The van der Waals surface area contributed by atoms with Gasteiger partial charge in [0.1, 0.15) is 17.0 Å². The molecule has 2 aliphatic heterocycles. The van der Waals surface area contributed by atoms with Crippen molar-refractivity contribution >= 4 is 40.6 Å². The molecule has 1 spiro atoms. The number of anilines is 1. The summed E-state index contributed by atoms with van der Waals surface area (Å²) >= 11 is 12.6. The lowest BCUT2D eigenvalue weighted by atomic mass is 9.62. The van der Waals surface area contributed by atoms with Gasteiger partial charge in [0, 0.05) is 29.1 Å². The Labute approximate surface area is 239 Å². The second-order valence-electron chi connectivity index (χ2n) is 12.8. The van der Waals surface area contributed by atoms with Crippen molar-refractivity contribution in [2.75, 3.05) is 5.32 Å². The standard InChI is InChI=1S/C31H37Cl2FN2O3/c1-30(2,3)16-25-31(21-13-11-18(32)15-23(21)35-29(31)39)26(20-7-5-8-22(33)27(20)34)28(36-25)24(38)9-4-6-17-10-12-19(37)14-17/h5,7-8,11,13,15,17,19,25-26,28,36-37H,4,6,9-10,12,14,16H2,1-3H3,(H,35,39)/t17-,19+,25+,26-,28-,31-/m0/s1. The first-order valence-corrected chi connectivity index (χ1v) is 14.7. The Morgan fingerprint density at radius 3 is 2.64 bits per heavy atom. The van der Waals surface area contributed by atoms with E-state index in [0.717, 1.165) is 31.2 Å². The van der Waals surface area contributed by atoms with Crippen molar-refractivity contribution < 1.29 is 19.1 Å². The molecule has 8 heteroatoms. The minimum atomic E-state index is -1.23. The maximum absolute atomic E-state index is 15.8. The zero-order chi connectivity index (χ0) is 28.1. The Bertz CT molecular complexity index is 1280. The number of rotatable bonds is 7.